The third-order valence-electron chi connectivity index (χ3n) is 15.7. The van der Waals surface area contributed by atoms with E-state index >= 15 is 0 Å². The zero-order valence-corrected chi connectivity index (χ0v) is 43.3. The lowest BCUT2D eigenvalue weighted by molar-refractivity contribution is 0.660. The van der Waals surface area contributed by atoms with Gasteiger partial charge in [-0.3, -0.25) is 0 Å². The summed E-state index contributed by atoms with van der Waals surface area (Å²) < 4.78 is 0. The highest BCUT2D eigenvalue weighted by atomic mass is 15.1. The number of rotatable bonds is 8. The van der Waals surface area contributed by atoms with Gasteiger partial charge in [-0.15, -0.1) is 0 Å². The lowest BCUT2D eigenvalue weighted by Crippen LogP contribution is -2.17. The number of hydrogen-bond donors (Lipinski definition) is 0. The molecule has 0 heterocycles. The van der Waals surface area contributed by atoms with Crippen molar-refractivity contribution in [2.75, 3.05) is 9.80 Å². The maximum Gasteiger partial charge on any atom is 0.187 e. The van der Waals surface area contributed by atoms with Crippen LogP contribution >= 0.6 is 0 Å². The molecular weight excluding hydrogens is 897 g/mol. The Balaban J connectivity index is 1.10. The largest absolute Gasteiger partial charge is 0.311 e. The molecule has 4 heteroatoms. The summed E-state index contributed by atoms with van der Waals surface area (Å²) in [5, 5.41) is 12.2. The summed E-state index contributed by atoms with van der Waals surface area (Å²) in [7, 11) is 0. The van der Waals surface area contributed by atoms with Gasteiger partial charge in [-0.05, 0) is 225 Å². The molecule has 0 fully saturated rings. The molecule has 0 unspecified atom stereocenters. The van der Waals surface area contributed by atoms with Crippen LogP contribution in [0, 0.1) is 45.6 Å². The van der Waals surface area contributed by atoms with Gasteiger partial charge in [0, 0.05) is 45.0 Å². The molecule has 0 N–H and O–H groups in total. The first kappa shape index (κ1) is 46.1. The zero-order chi connectivity index (χ0) is 51.2. The average molecular weight is 953 g/mol. The molecule has 0 bridgehead atoms. The van der Waals surface area contributed by atoms with Crippen molar-refractivity contribution < 1.29 is 0 Å². The van der Waals surface area contributed by atoms with Crippen LogP contribution in [0.15, 0.2) is 194 Å². The summed E-state index contributed by atoms with van der Waals surface area (Å²) in [6, 6.07) is 73.0. The Morgan fingerprint density at radius 2 is 0.770 bits per heavy atom. The van der Waals surface area contributed by atoms with Gasteiger partial charge >= 0.3 is 0 Å². The summed E-state index contributed by atoms with van der Waals surface area (Å²) in [4.78, 5) is 8.40. The van der Waals surface area contributed by atoms with Crippen LogP contribution < -0.4 is 9.80 Å². The van der Waals surface area contributed by atoms with E-state index in [0.717, 1.165) is 34.1 Å². The van der Waals surface area contributed by atoms with Gasteiger partial charge < -0.3 is 9.80 Å². The number of nitriles is 1. The van der Waals surface area contributed by atoms with Gasteiger partial charge in [-0.2, -0.15) is 5.26 Å². The van der Waals surface area contributed by atoms with Crippen molar-refractivity contribution in [2.24, 2.45) is 0 Å². The lowest BCUT2D eigenvalue weighted by atomic mass is 9.76. The number of fused-ring (bicyclic) bond motifs is 7. The van der Waals surface area contributed by atoms with Crippen molar-refractivity contribution in [2.45, 2.75) is 66.2 Å². The Bertz CT molecular complexity index is 3690. The van der Waals surface area contributed by atoms with E-state index < -0.39 is 0 Å². The second-order valence-electron chi connectivity index (χ2n) is 21.5. The van der Waals surface area contributed by atoms with Gasteiger partial charge in [0.05, 0.1) is 18.2 Å². The van der Waals surface area contributed by atoms with E-state index in [4.69, 9.17) is 6.57 Å². The highest BCUT2D eigenvalue weighted by Gasteiger charge is 2.42. The minimum atomic E-state index is -0.374. The van der Waals surface area contributed by atoms with E-state index in [-0.39, 0.29) is 10.8 Å². The molecule has 0 aromatic heterocycles. The Kier molecular flexibility index (Phi) is 10.8. The summed E-state index contributed by atoms with van der Waals surface area (Å²) in [5.74, 6) is 0. The molecule has 10 aromatic rings. The Hall–Kier alpha value is -8.96. The van der Waals surface area contributed by atoms with Crippen molar-refractivity contribution in [3.8, 4) is 50.6 Å². The highest BCUT2D eigenvalue weighted by molar-refractivity contribution is 6.17. The monoisotopic (exact) mass is 952 g/mol. The Morgan fingerprint density at radius 1 is 0.392 bits per heavy atom. The summed E-state index contributed by atoms with van der Waals surface area (Å²) in [5.41, 5.74) is 26.8. The number of nitrogens with zero attached hydrogens (tertiary/aromatic N) is 4. The van der Waals surface area contributed by atoms with E-state index in [1.54, 1.807) is 0 Å². The first-order valence-corrected chi connectivity index (χ1v) is 25.6. The van der Waals surface area contributed by atoms with Gasteiger partial charge in [0.25, 0.3) is 0 Å². The molecule has 74 heavy (non-hydrogen) atoms. The van der Waals surface area contributed by atoms with Gasteiger partial charge in [0.15, 0.2) is 5.69 Å². The zero-order valence-electron chi connectivity index (χ0n) is 43.3. The number of aryl methyl sites for hydroxylation is 4. The van der Waals surface area contributed by atoms with E-state index in [2.05, 4.69) is 246 Å². The molecule has 2 aliphatic carbocycles. The fraction of sp³-hybridized carbons (Fsp3) is 0.143. The van der Waals surface area contributed by atoms with Crippen molar-refractivity contribution in [3.63, 3.8) is 0 Å². The van der Waals surface area contributed by atoms with Crippen LogP contribution in [0.2, 0.25) is 0 Å². The molecule has 0 amide bonds. The summed E-state index contributed by atoms with van der Waals surface area (Å²) in [6.07, 6.45) is 0. The Morgan fingerprint density at radius 3 is 1.15 bits per heavy atom. The summed E-state index contributed by atoms with van der Waals surface area (Å²) >= 11 is 0. The first-order valence-electron chi connectivity index (χ1n) is 25.6. The average Bonchev–Trinajstić information content (AvgIpc) is 3.79. The molecule has 0 spiro atoms. The van der Waals surface area contributed by atoms with E-state index in [0.29, 0.717) is 11.3 Å². The van der Waals surface area contributed by atoms with Crippen LogP contribution in [0.25, 0.3) is 60.1 Å². The van der Waals surface area contributed by atoms with Crippen molar-refractivity contribution in [1.82, 2.24) is 0 Å². The molecule has 12 rings (SSSR count). The molecule has 0 saturated carbocycles. The second-order valence-corrected chi connectivity index (χ2v) is 21.5. The van der Waals surface area contributed by atoms with Crippen LogP contribution in [0.5, 0.6) is 0 Å². The normalized spacial score (nSPS) is 13.3. The number of hydrogen-bond acceptors (Lipinski definition) is 3. The lowest BCUT2D eigenvalue weighted by Gasteiger charge is -2.29. The van der Waals surface area contributed by atoms with Crippen LogP contribution in [0.3, 0.4) is 0 Å². The standard InChI is InChI=1S/C70H56N4/c1-43-32-44(2)35-55(34-43)73(51-24-20-47(42-71)21-25-51)53-28-30-57-61(38-53)69(5,6)63-40-59-60(65(67(57)63)48-16-12-10-13-17-48)41-64-68(66(59)49-18-14-11-15-19-49)58-31-29-54(39-62(58)70(64,7)8)74(52-26-22-50(72-9)23-27-52)56-36-45(3)33-46(4)37-56/h10-41H,1-8H3. The first-order chi connectivity index (χ1) is 35.7. The van der Waals surface area contributed by atoms with Crippen LogP contribution in [-0.2, 0) is 10.8 Å². The maximum atomic E-state index is 9.75. The molecule has 10 aromatic carbocycles. The number of anilines is 6. The maximum absolute atomic E-state index is 9.75. The second kappa shape index (κ2) is 17.4. The van der Waals surface area contributed by atoms with Gasteiger partial charge in [-0.1, -0.05) is 125 Å². The fourth-order valence-corrected chi connectivity index (χ4v) is 12.4. The smallest absolute Gasteiger partial charge is 0.187 e. The number of benzene rings is 10. The molecule has 356 valence electrons. The third kappa shape index (κ3) is 7.40. The molecule has 2 aliphatic rings. The predicted octanol–water partition coefficient (Wildman–Crippen LogP) is 19.4. The SMILES string of the molecule is [C-]#[N+]c1ccc(N(c2cc(C)cc(C)c2)c2ccc3c(c2)C(C)(C)c2cc4c(-c5ccccc5)c5c(cc4c(-c4ccccc4)c2-3)C(C)(C)c2cc(N(c3ccc(C#N)cc3)c3cc(C)cc(C)c3)ccc2-5)cc1. The topological polar surface area (TPSA) is 34.6 Å². The van der Waals surface area contributed by atoms with Crippen LogP contribution in [-0.4, -0.2) is 0 Å². The highest BCUT2D eigenvalue weighted by Crippen LogP contribution is 2.61. The fourth-order valence-electron chi connectivity index (χ4n) is 12.4. The van der Waals surface area contributed by atoms with Crippen LogP contribution in [0.4, 0.5) is 39.8 Å². The van der Waals surface area contributed by atoms with E-state index in [1.807, 2.05) is 24.3 Å². The molecular formula is C70H56N4. The van der Waals surface area contributed by atoms with E-state index in [1.165, 1.54) is 99.8 Å². The molecule has 4 nitrogen and oxygen atoms in total. The van der Waals surface area contributed by atoms with Crippen molar-refractivity contribution in [1.29, 1.82) is 5.26 Å². The van der Waals surface area contributed by atoms with Crippen molar-refractivity contribution in [3.05, 3.63) is 256 Å². The summed E-state index contributed by atoms with van der Waals surface area (Å²) in [6.45, 7) is 25.9. The third-order valence-corrected chi connectivity index (χ3v) is 15.7. The minimum absolute atomic E-state index is 0.372. The molecule has 0 aliphatic heterocycles. The van der Waals surface area contributed by atoms with Crippen molar-refractivity contribution >= 4 is 50.6 Å². The predicted molar refractivity (Wildman–Crippen MR) is 309 cm³/mol. The van der Waals surface area contributed by atoms with Gasteiger partial charge in [-0.25, -0.2) is 4.85 Å². The minimum Gasteiger partial charge on any atom is -0.311 e. The molecule has 0 saturated heterocycles. The van der Waals surface area contributed by atoms with E-state index in [9.17, 15) is 5.26 Å². The van der Waals surface area contributed by atoms with Gasteiger partial charge in [0.1, 0.15) is 0 Å². The quantitative estimate of drug-likeness (QED) is 0.142. The van der Waals surface area contributed by atoms with Crippen LogP contribution in [0.1, 0.15) is 77.8 Å². The molecule has 0 radical (unpaired) electrons. The van der Waals surface area contributed by atoms with Gasteiger partial charge in [0.2, 0.25) is 0 Å². The molecule has 0 atom stereocenters. The Labute approximate surface area is 435 Å².